The van der Waals surface area contributed by atoms with E-state index in [1.807, 2.05) is 0 Å². The highest BCUT2D eigenvalue weighted by molar-refractivity contribution is 7.99. The first-order valence-electron chi connectivity index (χ1n) is 9.47. The fourth-order valence-corrected chi connectivity index (χ4v) is 3.59. The molecule has 0 atom stereocenters. The Morgan fingerprint density at radius 2 is 1.82 bits per heavy atom. The summed E-state index contributed by atoms with van der Waals surface area (Å²) in [6.07, 6.45) is -4.54. The average molecular weight is 495 g/mol. The van der Waals surface area contributed by atoms with E-state index in [0.717, 1.165) is 16.7 Å². The van der Waals surface area contributed by atoms with E-state index in [1.54, 1.807) is 4.90 Å². The van der Waals surface area contributed by atoms with Crippen LogP contribution in [0, 0.1) is 0 Å². The molecule has 15 heteroatoms. The number of thioether (sulfide) groups is 1. The van der Waals surface area contributed by atoms with Crippen LogP contribution in [0.2, 0.25) is 0 Å². The Morgan fingerprint density at radius 1 is 1.15 bits per heavy atom. The third kappa shape index (κ3) is 7.28. The van der Waals surface area contributed by atoms with Gasteiger partial charge in [0, 0.05) is 18.7 Å². The molecule has 1 saturated heterocycles. The minimum absolute atomic E-state index is 0.00445. The number of amides is 2. The van der Waals surface area contributed by atoms with Crippen LogP contribution in [0.5, 0.6) is 5.75 Å². The molecule has 0 saturated carbocycles. The predicted octanol–water partition coefficient (Wildman–Crippen LogP) is 2.33. The molecule has 1 fully saturated rings. The molecule has 9 nitrogen and oxygen atoms in total. The first-order chi connectivity index (χ1) is 15.6. The van der Waals surface area contributed by atoms with Crippen LogP contribution in [-0.2, 0) is 16.1 Å². The number of imide groups is 1. The van der Waals surface area contributed by atoms with Crippen LogP contribution in [0.3, 0.4) is 0 Å². The van der Waals surface area contributed by atoms with Crippen molar-refractivity contribution in [2.75, 3.05) is 37.0 Å². The first-order valence-corrected chi connectivity index (χ1v) is 10.5. The van der Waals surface area contributed by atoms with Crippen molar-refractivity contribution in [1.82, 2.24) is 20.1 Å². The fraction of sp³-hybridized carbons (Fsp3) is 0.444. The maximum atomic E-state index is 13.1. The molecule has 2 amide bonds. The number of alkyl halides is 5. The molecule has 0 spiro atoms. The van der Waals surface area contributed by atoms with E-state index in [9.17, 15) is 31.5 Å². The summed E-state index contributed by atoms with van der Waals surface area (Å²) in [5.74, 6) is -2.15. The number of carbonyl (C=O) groups is 2. The average Bonchev–Trinajstić information content (AvgIpc) is 3.13. The number of carbonyl (C=O) groups excluding carboxylic acids is 2. The van der Waals surface area contributed by atoms with Gasteiger partial charge in [-0.25, -0.2) is 0 Å². The molecule has 0 unspecified atom stereocenters. The summed E-state index contributed by atoms with van der Waals surface area (Å²) in [5, 5.41) is 9.55. The van der Waals surface area contributed by atoms with Crippen molar-refractivity contribution in [2.45, 2.75) is 24.5 Å². The third-order valence-electron chi connectivity index (χ3n) is 4.26. The number of ether oxygens (including phenoxy) is 2. The number of aromatic nitrogens is 3. The summed E-state index contributed by atoms with van der Waals surface area (Å²) in [7, 11) is 0. The molecule has 1 aromatic heterocycles. The topological polar surface area (TPSA) is 98.6 Å². The monoisotopic (exact) mass is 495 g/mol. The van der Waals surface area contributed by atoms with E-state index >= 15 is 0 Å². The summed E-state index contributed by atoms with van der Waals surface area (Å²) in [5.41, 5.74) is 0.00445. The van der Waals surface area contributed by atoms with Crippen LogP contribution in [0.4, 0.5) is 27.9 Å². The molecular weight excluding hydrogens is 477 g/mol. The van der Waals surface area contributed by atoms with E-state index in [4.69, 9.17) is 4.74 Å². The van der Waals surface area contributed by atoms with Gasteiger partial charge in [-0.3, -0.25) is 19.5 Å². The fourth-order valence-electron chi connectivity index (χ4n) is 2.86. The first kappa shape index (κ1) is 24.7. The zero-order chi connectivity index (χ0) is 24.0. The van der Waals surface area contributed by atoms with Gasteiger partial charge >= 0.3 is 12.8 Å². The van der Waals surface area contributed by atoms with Gasteiger partial charge in [0.05, 0.1) is 19.0 Å². The molecule has 2 heterocycles. The van der Waals surface area contributed by atoms with Gasteiger partial charge in [0.2, 0.25) is 11.9 Å². The summed E-state index contributed by atoms with van der Waals surface area (Å²) >= 11 is 0.691. The minimum atomic E-state index is -4.54. The molecule has 33 heavy (non-hydrogen) atoms. The van der Waals surface area contributed by atoms with Gasteiger partial charge in [-0.05, 0) is 24.3 Å². The Kier molecular flexibility index (Phi) is 8.07. The number of halogens is 5. The Hall–Kier alpha value is -2.94. The quantitative estimate of drug-likeness (QED) is 0.440. The van der Waals surface area contributed by atoms with Crippen LogP contribution in [0.1, 0.15) is 10.4 Å². The van der Waals surface area contributed by atoms with Gasteiger partial charge in [-0.1, -0.05) is 11.8 Å². The van der Waals surface area contributed by atoms with Crippen molar-refractivity contribution in [1.29, 1.82) is 0 Å². The number of hydrogen-bond donors (Lipinski definition) is 1. The summed E-state index contributed by atoms with van der Waals surface area (Å²) in [4.78, 5) is 25.9. The van der Waals surface area contributed by atoms with E-state index in [1.165, 1.54) is 12.1 Å². The second-order valence-corrected chi connectivity index (χ2v) is 7.59. The zero-order valence-corrected chi connectivity index (χ0v) is 17.7. The molecule has 0 aliphatic carbocycles. The third-order valence-corrected chi connectivity index (χ3v) is 5.22. The van der Waals surface area contributed by atoms with Crippen LogP contribution < -0.4 is 15.0 Å². The number of anilines is 1. The largest absolute Gasteiger partial charge is 0.435 e. The lowest BCUT2D eigenvalue weighted by atomic mass is 10.2. The summed E-state index contributed by atoms with van der Waals surface area (Å²) < 4.78 is 73.9. The number of morpholine rings is 1. The Labute approximate surface area is 188 Å². The van der Waals surface area contributed by atoms with E-state index in [-0.39, 0.29) is 22.4 Å². The highest BCUT2D eigenvalue weighted by Gasteiger charge is 2.33. The molecule has 1 aliphatic heterocycles. The summed E-state index contributed by atoms with van der Waals surface area (Å²) in [6, 6.07) is 4.63. The second kappa shape index (κ2) is 10.8. The molecular formula is C18H18F5N5O4S. The molecule has 3 rings (SSSR count). The number of rotatable bonds is 8. The maximum absolute atomic E-state index is 13.1. The van der Waals surface area contributed by atoms with Crippen molar-refractivity contribution in [2.24, 2.45) is 0 Å². The van der Waals surface area contributed by atoms with Crippen molar-refractivity contribution in [3.8, 4) is 5.75 Å². The Balaban J connectivity index is 1.62. The van der Waals surface area contributed by atoms with Gasteiger partial charge in [0.15, 0.2) is 5.16 Å². The maximum Gasteiger partial charge on any atom is 0.406 e. The lowest BCUT2D eigenvalue weighted by Gasteiger charge is -2.28. The molecule has 1 aromatic carbocycles. The smallest absolute Gasteiger partial charge is 0.406 e. The van der Waals surface area contributed by atoms with E-state index in [2.05, 4.69) is 20.3 Å². The minimum Gasteiger partial charge on any atom is -0.435 e. The van der Waals surface area contributed by atoms with E-state index < -0.39 is 36.9 Å². The molecule has 1 N–H and O–H groups in total. The number of nitrogens with one attached hydrogen (secondary N) is 1. The van der Waals surface area contributed by atoms with Gasteiger partial charge in [-0.2, -0.15) is 22.0 Å². The zero-order valence-electron chi connectivity index (χ0n) is 16.8. The van der Waals surface area contributed by atoms with Crippen LogP contribution in [-0.4, -0.2) is 71.4 Å². The van der Waals surface area contributed by atoms with Gasteiger partial charge in [0.1, 0.15) is 12.3 Å². The lowest BCUT2D eigenvalue weighted by molar-refractivity contribution is -0.141. The van der Waals surface area contributed by atoms with Crippen LogP contribution in [0.25, 0.3) is 0 Å². The molecule has 0 radical (unpaired) electrons. The molecule has 1 aliphatic rings. The van der Waals surface area contributed by atoms with Gasteiger partial charge in [-0.15, -0.1) is 10.2 Å². The number of nitrogens with zero attached hydrogens (tertiary/aromatic N) is 4. The number of hydrogen-bond acceptors (Lipinski definition) is 8. The highest BCUT2D eigenvalue weighted by atomic mass is 32.2. The Bertz CT molecular complexity index is 964. The second-order valence-electron chi connectivity index (χ2n) is 6.65. The standard InChI is InChI=1S/C18H18F5N5O4S/c19-15(20)32-12-3-1-11(2-4-12)14(30)24-13(29)9-33-17-26-25-16(27-5-7-31-8-6-27)28(17)10-18(21,22)23/h1-4,15H,5-10H2,(H,24,29,30). The van der Waals surface area contributed by atoms with E-state index in [0.29, 0.717) is 38.1 Å². The van der Waals surface area contributed by atoms with Crippen molar-refractivity contribution < 1.29 is 41.0 Å². The predicted molar refractivity (Wildman–Crippen MR) is 105 cm³/mol. The molecule has 2 aromatic rings. The SMILES string of the molecule is O=C(CSc1nnc(N2CCOCC2)n1CC(F)(F)F)NC(=O)c1ccc(OC(F)F)cc1. The van der Waals surface area contributed by atoms with Gasteiger partial charge in [0.25, 0.3) is 5.91 Å². The normalized spacial score (nSPS) is 14.4. The van der Waals surface area contributed by atoms with Gasteiger partial charge < -0.3 is 14.4 Å². The van der Waals surface area contributed by atoms with Crippen LogP contribution >= 0.6 is 11.8 Å². The molecule has 0 bridgehead atoms. The number of benzene rings is 1. The molecule has 180 valence electrons. The van der Waals surface area contributed by atoms with Crippen molar-refractivity contribution in [3.05, 3.63) is 29.8 Å². The van der Waals surface area contributed by atoms with Crippen LogP contribution in [0.15, 0.2) is 29.4 Å². The van der Waals surface area contributed by atoms with Crippen molar-refractivity contribution >= 4 is 29.5 Å². The Morgan fingerprint density at radius 3 is 2.42 bits per heavy atom. The lowest BCUT2D eigenvalue weighted by Crippen LogP contribution is -2.38. The summed E-state index contributed by atoms with van der Waals surface area (Å²) in [6.45, 7) is -3.01. The van der Waals surface area contributed by atoms with Crippen molar-refractivity contribution in [3.63, 3.8) is 0 Å². The highest BCUT2D eigenvalue weighted by Crippen LogP contribution is 2.27.